The van der Waals surface area contributed by atoms with Crippen molar-refractivity contribution in [1.82, 2.24) is 9.88 Å². The molecule has 0 spiro atoms. The monoisotopic (exact) mass is 513 g/mol. The molecule has 0 unspecified atom stereocenters. The van der Waals surface area contributed by atoms with Crippen molar-refractivity contribution in [2.24, 2.45) is 0 Å². The highest BCUT2D eigenvalue weighted by atomic mass is 32.2. The third-order valence-corrected chi connectivity index (χ3v) is 6.11. The average Bonchev–Trinajstić information content (AvgIpc) is 2.97. The number of carbonyl (C=O) groups excluding carboxylic acids is 2. The first-order valence-corrected chi connectivity index (χ1v) is 11.4. The molecule has 0 saturated carbocycles. The van der Waals surface area contributed by atoms with E-state index in [0.717, 1.165) is 29.2 Å². The van der Waals surface area contributed by atoms with E-state index in [0.29, 0.717) is 12.2 Å². The summed E-state index contributed by atoms with van der Waals surface area (Å²) in [5, 5.41) is 7.12. The van der Waals surface area contributed by atoms with Crippen LogP contribution in [0.2, 0.25) is 0 Å². The van der Waals surface area contributed by atoms with Crippen LogP contribution in [-0.4, -0.2) is 64.1 Å². The van der Waals surface area contributed by atoms with E-state index in [9.17, 15) is 22.8 Å². The molecule has 3 rings (SSSR count). The predicted octanol–water partition coefficient (Wildman–Crippen LogP) is 4.59. The molecule has 1 aliphatic heterocycles. The number of amides is 3. The maximum absolute atomic E-state index is 13.1. The molecule has 0 aliphatic carbocycles. The minimum absolute atomic E-state index is 0.216. The van der Waals surface area contributed by atoms with E-state index in [2.05, 4.69) is 4.98 Å². The fraction of sp³-hybridized carbons (Fsp3) is 0.391. The van der Waals surface area contributed by atoms with Crippen molar-refractivity contribution < 1.29 is 37.4 Å². The molecule has 190 valence electrons. The summed E-state index contributed by atoms with van der Waals surface area (Å²) in [5.74, 6) is -2.01. The lowest BCUT2D eigenvalue weighted by atomic mass is 10.0. The Hall–Kier alpha value is -3.12. The fourth-order valence-electron chi connectivity index (χ4n) is 3.08. The van der Waals surface area contributed by atoms with Gasteiger partial charge in [-0.15, -0.1) is 11.8 Å². The summed E-state index contributed by atoms with van der Waals surface area (Å²) in [7, 11) is 1.70. The van der Waals surface area contributed by atoms with Crippen LogP contribution in [0, 0.1) is 0 Å². The number of ether oxygens (including phenoxy) is 1. The van der Waals surface area contributed by atoms with Crippen LogP contribution >= 0.6 is 11.8 Å². The van der Waals surface area contributed by atoms with Gasteiger partial charge in [-0.25, -0.2) is 14.5 Å². The number of imide groups is 1. The quantitative estimate of drug-likeness (QED) is 0.313. The highest BCUT2D eigenvalue weighted by Gasteiger charge is 2.51. The number of carboxylic acids is 1. The summed E-state index contributed by atoms with van der Waals surface area (Å²) >= 11 is 1.73. The van der Waals surface area contributed by atoms with Crippen LogP contribution in [0.3, 0.4) is 0 Å². The van der Waals surface area contributed by atoms with E-state index >= 15 is 0 Å². The zero-order chi connectivity index (χ0) is 26.2. The largest absolute Gasteiger partial charge is 0.490 e. The molecule has 1 saturated heterocycles. The maximum atomic E-state index is 13.1. The van der Waals surface area contributed by atoms with Gasteiger partial charge >= 0.3 is 18.2 Å². The number of benzene rings is 1. The number of thioether (sulfide) groups is 1. The van der Waals surface area contributed by atoms with Crippen LogP contribution in [0.25, 0.3) is 0 Å². The van der Waals surface area contributed by atoms with Gasteiger partial charge in [0.2, 0.25) is 0 Å². The fourth-order valence-corrected chi connectivity index (χ4v) is 3.91. The number of hydrogen-bond acceptors (Lipinski definition) is 6. The van der Waals surface area contributed by atoms with Gasteiger partial charge in [0, 0.05) is 43.3 Å². The number of alkyl halides is 3. The number of aliphatic carboxylic acids is 1. The number of pyridine rings is 1. The minimum atomic E-state index is -5.08. The van der Waals surface area contributed by atoms with Gasteiger partial charge in [-0.05, 0) is 62.2 Å². The van der Waals surface area contributed by atoms with Crippen LogP contribution in [0.4, 0.5) is 23.7 Å². The molecule has 35 heavy (non-hydrogen) atoms. The van der Waals surface area contributed by atoms with E-state index in [1.807, 2.05) is 36.4 Å². The number of methoxy groups -OCH3 is 1. The SMILES string of the molecule is COCCCSc1ccc(N2C(=O)N(Cc3ccncc3)C(C)(C)C2=O)cc1.O=C(O)C(F)(F)F. The van der Waals surface area contributed by atoms with E-state index in [1.54, 1.807) is 50.0 Å². The molecular formula is C23H26F3N3O5S. The summed E-state index contributed by atoms with van der Waals surface area (Å²) in [6, 6.07) is 11.0. The Morgan fingerprint density at radius 2 is 1.69 bits per heavy atom. The molecule has 2 aromatic rings. The molecule has 1 fully saturated rings. The second kappa shape index (κ2) is 12.0. The zero-order valence-corrected chi connectivity index (χ0v) is 20.2. The average molecular weight is 514 g/mol. The zero-order valence-electron chi connectivity index (χ0n) is 19.4. The number of aromatic nitrogens is 1. The van der Waals surface area contributed by atoms with E-state index in [-0.39, 0.29) is 11.9 Å². The van der Waals surface area contributed by atoms with Crippen LogP contribution in [0.5, 0.6) is 0 Å². The van der Waals surface area contributed by atoms with Gasteiger partial charge in [-0.2, -0.15) is 13.2 Å². The first-order valence-electron chi connectivity index (χ1n) is 10.5. The summed E-state index contributed by atoms with van der Waals surface area (Å²) in [6.45, 7) is 4.68. The topological polar surface area (TPSA) is 100 Å². The second-order valence-electron chi connectivity index (χ2n) is 7.92. The lowest BCUT2D eigenvalue weighted by Crippen LogP contribution is -2.43. The number of rotatable bonds is 8. The van der Waals surface area contributed by atoms with Crippen molar-refractivity contribution in [2.75, 3.05) is 24.4 Å². The van der Waals surface area contributed by atoms with Crippen molar-refractivity contribution in [2.45, 2.75) is 43.4 Å². The Bertz CT molecular complexity index is 1020. The number of anilines is 1. The Morgan fingerprint density at radius 1 is 1.11 bits per heavy atom. The summed E-state index contributed by atoms with van der Waals surface area (Å²) in [5.41, 5.74) is 0.629. The molecule has 1 aromatic heterocycles. The molecule has 8 nitrogen and oxygen atoms in total. The Balaban J connectivity index is 0.000000540. The molecule has 1 aliphatic rings. The minimum Gasteiger partial charge on any atom is -0.475 e. The third kappa shape index (κ3) is 7.43. The first-order chi connectivity index (χ1) is 16.4. The van der Waals surface area contributed by atoms with Gasteiger partial charge < -0.3 is 14.7 Å². The normalized spacial score (nSPS) is 15.1. The number of carboxylic acid groups (broad SMARTS) is 1. The van der Waals surface area contributed by atoms with Crippen molar-refractivity contribution in [3.05, 3.63) is 54.4 Å². The Morgan fingerprint density at radius 3 is 2.20 bits per heavy atom. The Labute approximate surface area is 205 Å². The second-order valence-corrected chi connectivity index (χ2v) is 9.08. The summed E-state index contributed by atoms with van der Waals surface area (Å²) in [4.78, 5) is 43.0. The molecule has 3 amide bonds. The molecule has 12 heteroatoms. The maximum Gasteiger partial charge on any atom is 0.490 e. The van der Waals surface area contributed by atoms with Crippen LogP contribution in [0.15, 0.2) is 53.7 Å². The summed E-state index contributed by atoms with van der Waals surface area (Å²) in [6.07, 6.45) is -0.735. The van der Waals surface area contributed by atoms with E-state index < -0.39 is 17.7 Å². The van der Waals surface area contributed by atoms with Gasteiger partial charge in [0.15, 0.2) is 0 Å². The van der Waals surface area contributed by atoms with Crippen molar-refractivity contribution in [1.29, 1.82) is 0 Å². The number of carbonyl (C=O) groups is 3. The van der Waals surface area contributed by atoms with Crippen LogP contribution in [-0.2, 0) is 20.9 Å². The smallest absolute Gasteiger partial charge is 0.475 e. The lowest BCUT2D eigenvalue weighted by molar-refractivity contribution is -0.192. The number of urea groups is 1. The van der Waals surface area contributed by atoms with Crippen LogP contribution in [0.1, 0.15) is 25.8 Å². The van der Waals surface area contributed by atoms with Gasteiger partial charge in [-0.3, -0.25) is 9.78 Å². The van der Waals surface area contributed by atoms with Gasteiger partial charge in [0.25, 0.3) is 5.91 Å². The highest BCUT2D eigenvalue weighted by molar-refractivity contribution is 7.99. The molecule has 0 bridgehead atoms. The van der Waals surface area contributed by atoms with Gasteiger partial charge in [0.05, 0.1) is 5.69 Å². The number of nitrogens with zero attached hydrogens (tertiary/aromatic N) is 3. The van der Waals surface area contributed by atoms with Crippen molar-refractivity contribution >= 4 is 35.4 Å². The number of halogens is 3. The van der Waals surface area contributed by atoms with Crippen LogP contribution < -0.4 is 4.90 Å². The first kappa shape index (κ1) is 28.1. The molecule has 0 radical (unpaired) electrons. The molecule has 0 atom stereocenters. The molecule has 2 heterocycles. The lowest BCUT2D eigenvalue weighted by Gasteiger charge is -2.27. The van der Waals surface area contributed by atoms with Crippen molar-refractivity contribution in [3.63, 3.8) is 0 Å². The molecular weight excluding hydrogens is 487 g/mol. The van der Waals surface area contributed by atoms with Crippen molar-refractivity contribution in [3.8, 4) is 0 Å². The van der Waals surface area contributed by atoms with Gasteiger partial charge in [-0.1, -0.05) is 0 Å². The molecule has 1 aromatic carbocycles. The highest BCUT2D eigenvalue weighted by Crippen LogP contribution is 2.34. The molecule has 1 N–H and O–H groups in total. The predicted molar refractivity (Wildman–Crippen MR) is 124 cm³/mol. The van der Waals surface area contributed by atoms with Gasteiger partial charge in [0.1, 0.15) is 5.54 Å². The Kier molecular flexibility index (Phi) is 9.66. The van der Waals surface area contributed by atoms with E-state index in [1.165, 1.54) is 4.90 Å². The number of hydrogen-bond donors (Lipinski definition) is 1. The van der Waals surface area contributed by atoms with E-state index in [4.69, 9.17) is 14.6 Å². The standard InChI is InChI=1S/C21H25N3O3S.C2HF3O2/c1-21(2)19(25)24(20(26)23(21)15-16-9-11-22-12-10-16)17-5-7-18(8-6-17)28-14-4-13-27-3;3-2(4,5)1(6)7/h5-12H,4,13-15H2,1-3H3;(H,6,7). The summed E-state index contributed by atoms with van der Waals surface area (Å²) < 4.78 is 36.8. The third-order valence-electron chi connectivity index (χ3n) is 5.01.